The van der Waals surface area contributed by atoms with Crippen LogP contribution in [-0.4, -0.2) is 23.1 Å². The van der Waals surface area contributed by atoms with Gasteiger partial charge in [0.2, 0.25) is 5.95 Å². The van der Waals surface area contributed by atoms with Gasteiger partial charge in [-0.3, -0.25) is 0 Å². The van der Waals surface area contributed by atoms with E-state index in [1.807, 2.05) is 6.92 Å². The fourth-order valence-corrected chi connectivity index (χ4v) is 1.84. The molecule has 2 rings (SSSR count). The second kappa shape index (κ2) is 7.16. The highest BCUT2D eigenvalue weighted by atomic mass is 79.9. The van der Waals surface area contributed by atoms with Crippen LogP contribution in [0.5, 0.6) is 5.75 Å². The van der Waals surface area contributed by atoms with Gasteiger partial charge in [-0.05, 0) is 47.1 Å². The van der Waals surface area contributed by atoms with Crippen LogP contribution in [0.4, 0.5) is 26.2 Å². The highest BCUT2D eigenvalue weighted by Gasteiger charge is 2.07. The lowest BCUT2D eigenvalue weighted by atomic mass is 10.3. The number of nitrogens with one attached hydrogen (secondary N) is 2. The van der Waals surface area contributed by atoms with E-state index in [4.69, 9.17) is 0 Å². The molecule has 1 aromatic heterocycles. The molecule has 1 heterocycles. The first-order chi connectivity index (χ1) is 10.1. The molecule has 0 saturated heterocycles. The van der Waals surface area contributed by atoms with E-state index >= 15 is 0 Å². The summed E-state index contributed by atoms with van der Waals surface area (Å²) in [6, 6.07) is 6.15. The first kappa shape index (κ1) is 15.4. The number of alkyl halides is 2. The molecule has 0 unspecified atom stereocenters. The normalized spacial score (nSPS) is 10.5. The first-order valence-electron chi connectivity index (χ1n) is 6.16. The van der Waals surface area contributed by atoms with Crippen LogP contribution in [0.15, 0.2) is 34.9 Å². The van der Waals surface area contributed by atoms with Gasteiger partial charge in [0.25, 0.3) is 0 Å². The Morgan fingerprint density at radius 3 is 2.62 bits per heavy atom. The molecule has 0 bridgehead atoms. The maximum absolute atomic E-state index is 12.1. The number of hydrogen-bond donors (Lipinski definition) is 2. The van der Waals surface area contributed by atoms with E-state index in [0.29, 0.717) is 28.5 Å². The van der Waals surface area contributed by atoms with Gasteiger partial charge >= 0.3 is 6.61 Å². The van der Waals surface area contributed by atoms with Crippen LogP contribution >= 0.6 is 15.9 Å². The highest BCUT2D eigenvalue weighted by molar-refractivity contribution is 9.10. The molecule has 0 radical (unpaired) electrons. The third kappa shape index (κ3) is 4.52. The Labute approximate surface area is 128 Å². The van der Waals surface area contributed by atoms with Crippen LogP contribution in [0.1, 0.15) is 6.92 Å². The van der Waals surface area contributed by atoms with Crippen LogP contribution in [0.25, 0.3) is 0 Å². The minimum atomic E-state index is -2.83. The molecule has 0 amide bonds. The summed E-state index contributed by atoms with van der Waals surface area (Å²) in [7, 11) is 0. The lowest BCUT2D eigenvalue weighted by Crippen LogP contribution is -2.05. The van der Waals surface area contributed by atoms with E-state index in [9.17, 15) is 8.78 Å². The molecule has 0 atom stereocenters. The molecule has 0 saturated carbocycles. The predicted molar refractivity (Wildman–Crippen MR) is 80.3 cm³/mol. The summed E-state index contributed by atoms with van der Waals surface area (Å²) in [6.07, 6.45) is 1.63. The molecular weight excluding hydrogens is 346 g/mol. The molecule has 0 aliphatic rings. The molecule has 2 N–H and O–H groups in total. The average Bonchev–Trinajstić information content (AvgIpc) is 2.44. The summed E-state index contributed by atoms with van der Waals surface area (Å²) < 4.78 is 29.1. The Balaban J connectivity index is 2.12. The topological polar surface area (TPSA) is 59.1 Å². The first-order valence-corrected chi connectivity index (χ1v) is 6.96. The Morgan fingerprint density at radius 1 is 1.29 bits per heavy atom. The highest BCUT2D eigenvalue weighted by Crippen LogP contribution is 2.25. The number of anilines is 3. The fraction of sp³-hybridized carbons (Fsp3) is 0.231. The largest absolute Gasteiger partial charge is 0.435 e. The van der Waals surface area contributed by atoms with Gasteiger partial charge in [-0.2, -0.15) is 13.8 Å². The van der Waals surface area contributed by atoms with Gasteiger partial charge < -0.3 is 15.4 Å². The summed E-state index contributed by atoms with van der Waals surface area (Å²) in [5.41, 5.74) is 0.693. The molecule has 1 aromatic carbocycles. The smallest absolute Gasteiger partial charge is 0.387 e. The van der Waals surface area contributed by atoms with E-state index in [0.717, 1.165) is 0 Å². The minimum absolute atomic E-state index is 0.102. The van der Waals surface area contributed by atoms with Crippen molar-refractivity contribution in [3.63, 3.8) is 0 Å². The number of halogens is 3. The molecule has 0 aliphatic carbocycles. The molecule has 0 aliphatic heterocycles. The molecule has 2 aromatic rings. The van der Waals surface area contributed by atoms with Crippen molar-refractivity contribution in [2.45, 2.75) is 13.5 Å². The minimum Gasteiger partial charge on any atom is -0.435 e. The Hall–Kier alpha value is -1.96. The van der Waals surface area contributed by atoms with Crippen molar-refractivity contribution in [2.24, 2.45) is 0 Å². The monoisotopic (exact) mass is 358 g/mol. The van der Waals surface area contributed by atoms with Crippen molar-refractivity contribution in [1.82, 2.24) is 9.97 Å². The van der Waals surface area contributed by atoms with Gasteiger partial charge in [-0.15, -0.1) is 0 Å². The van der Waals surface area contributed by atoms with Crippen molar-refractivity contribution in [1.29, 1.82) is 0 Å². The molecule has 8 heteroatoms. The van der Waals surface area contributed by atoms with Crippen molar-refractivity contribution in [2.75, 3.05) is 17.2 Å². The third-order valence-corrected chi connectivity index (χ3v) is 3.00. The number of rotatable bonds is 6. The van der Waals surface area contributed by atoms with Crippen LogP contribution in [0, 0.1) is 0 Å². The zero-order valence-corrected chi connectivity index (χ0v) is 12.7. The van der Waals surface area contributed by atoms with E-state index in [2.05, 4.69) is 41.3 Å². The molecule has 0 spiro atoms. The van der Waals surface area contributed by atoms with Gasteiger partial charge in [0.05, 0.1) is 4.47 Å². The van der Waals surface area contributed by atoms with Gasteiger partial charge in [-0.1, -0.05) is 0 Å². The Morgan fingerprint density at radius 2 is 2.00 bits per heavy atom. The summed E-state index contributed by atoms with van der Waals surface area (Å²) >= 11 is 3.35. The lowest BCUT2D eigenvalue weighted by Gasteiger charge is -2.10. The zero-order valence-electron chi connectivity index (χ0n) is 11.1. The van der Waals surface area contributed by atoms with Gasteiger partial charge in [0.1, 0.15) is 11.6 Å². The third-order valence-electron chi connectivity index (χ3n) is 2.42. The van der Waals surface area contributed by atoms with Crippen LogP contribution in [-0.2, 0) is 0 Å². The Bertz CT molecular complexity index is 595. The van der Waals surface area contributed by atoms with Crippen molar-refractivity contribution in [3.8, 4) is 5.75 Å². The average molecular weight is 359 g/mol. The summed E-state index contributed by atoms with van der Waals surface area (Å²) in [6.45, 7) is -0.177. The fourth-order valence-electron chi connectivity index (χ4n) is 1.55. The quantitative estimate of drug-likeness (QED) is 0.816. The van der Waals surface area contributed by atoms with E-state index in [1.54, 1.807) is 18.3 Å². The second-order valence-corrected chi connectivity index (χ2v) is 4.80. The molecule has 0 fully saturated rings. The number of benzene rings is 1. The number of aromatic nitrogens is 2. The SMILES string of the molecule is CCNc1ncc(Br)c(Nc2ccc(OC(F)F)cc2)n1. The maximum Gasteiger partial charge on any atom is 0.387 e. The molecule has 5 nitrogen and oxygen atoms in total. The zero-order chi connectivity index (χ0) is 15.2. The summed E-state index contributed by atoms with van der Waals surface area (Å²) in [4.78, 5) is 8.40. The number of nitrogens with zero attached hydrogens (tertiary/aromatic N) is 2. The van der Waals surface area contributed by atoms with Gasteiger partial charge in [0, 0.05) is 18.4 Å². The summed E-state index contributed by atoms with van der Waals surface area (Å²) in [5, 5.41) is 6.08. The maximum atomic E-state index is 12.1. The predicted octanol–water partition coefficient (Wildman–Crippen LogP) is 4.02. The van der Waals surface area contributed by atoms with E-state index in [-0.39, 0.29) is 5.75 Å². The van der Waals surface area contributed by atoms with Crippen LogP contribution < -0.4 is 15.4 Å². The lowest BCUT2D eigenvalue weighted by molar-refractivity contribution is -0.0498. The van der Waals surface area contributed by atoms with Gasteiger partial charge in [0.15, 0.2) is 0 Å². The molecular formula is C13H13BrF2N4O. The van der Waals surface area contributed by atoms with Crippen molar-refractivity contribution < 1.29 is 13.5 Å². The van der Waals surface area contributed by atoms with E-state index < -0.39 is 6.61 Å². The molecule has 21 heavy (non-hydrogen) atoms. The van der Waals surface area contributed by atoms with Crippen LogP contribution in [0.3, 0.4) is 0 Å². The second-order valence-electron chi connectivity index (χ2n) is 3.95. The van der Waals surface area contributed by atoms with Crippen molar-refractivity contribution >= 4 is 33.4 Å². The summed E-state index contributed by atoms with van der Waals surface area (Å²) in [5.74, 6) is 1.18. The van der Waals surface area contributed by atoms with E-state index in [1.165, 1.54) is 12.1 Å². The Kier molecular flexibility index (Phi) is 5.26. The standard InChI is InChI=1S/C13H13BrF2N4O/c1-2-17-13-18-7-10(14)11(20-13)19-8-3-5-9(6-4-8)21-12(15)16/h3-7,12H,2H2,1H3,(H2,17,18,19,20). The van der Waals surface area contributed by atoms with Crippen molar-refractivity contribution in [3.05, 3.63) is 34.9 Å². The molecule has 112 valence electrons. The number of hydrogen-bond acceptors (Lipinski definition) is 5. The van der Waals surface area contributed by atoms with Gasteiger partial charge in [-0.25, -0.2) is 4.98 Å². The van der Waals surface area contributed by atoms with Crippen LogP contribution in [0.2, 0.25) is 0 Å². The number of ether oxygens (including phenoxy) is 1.